The first-order chi connectivity index (χ1) is 12.2. The van der Waals surface area contributed by atoms with Crippen molar-refractivity contribution in [3.63, 3.8) is 0 Å². The van der Waals surface area contributed by atoms with E-state index < -0.39 is 0 Å². The van der Waals surface area contributed by atoms with Crippen molar-refractivity contribution in [1.82, 2.24) is 25.3 Å². The van der Waals surface area contributed by atoms with Gasteiger partial charge in [0.05, 0.1) is 18.3 Å². The molecule has 7 heteroatoms. The van der Waals surface area contributed by atoms with Gasteiger partial charge in [-0.3, -0.25) is 4.79 Å². The third-order valence-electron chi connectivity index (χ3n) is 4.53. The summed E-state index contributed by atoms with van der Waals surface area (Å²) in [7, 11) is 0. The number of hydrogen-bond acceptors (Lipinski definition) is 4. The molecule has 0 radical (unpaired) electrons. The molecule has 7 nitrogen and oxygen atoms in total. The smallest absolute Gasteiger partial charge is 0.267 e. The van der Waals surface area contributed by atoms with Crippen LogP contribution in [0.5, 0.6) is 0 Å². The van der Waals surface area contributed by atoms with Crippen LogP contribution in [0.15, 0.2) is 30.5 Å². The van der Waals surface area contributed by atoms with Crippen molar-refractivity contribution in [3.8, 4) is 0 Å². The molecule has 25 heavy (non-hydrogen) atoms. The minimum Gasteiger partial charge on any atom is -0.379 e. The number of fused-ring (bicyclic) bond motifs is 1. The van der Waals surface area contributed by atoms with Crippen LogP contribution >= 0.6 is 0 Å². The summed E-state index contributed by atoms with van der Waals surface area (Å²) in [5.41, 5.74) is 3.60. The number of carbonyl (C=O) groups is 1. The number of H-pyrrole nitrogens is 1. The van der Waals surface area contributed by atoms with E-state index in [4.69, 9.17) is 4.74 Å². The van der Waals surface area contributed by atoms with Crippen LogP contribution in [-0.4, -0.2) is 45.6 Å². The predicted octanol–water partition coefficient (Wildman–Crippen LogP) is 2.00. The molecule has 1 aliphatic rings. The van der Waals surface area contributed by atoms with E-state index in [1.807, 2.05) is 36.0 Å². The van der Waals surface area contributed by atoms with Gasteiger partial charge in [-0.25, -0.2) is 4.68 Å². The molecule has 0 spiro atoms. The number of rotatable bonds is 5. The minimum atomic E-state index is -0.106. The first kappa shape index (κ1) is 15.8. The molecule has 1 fully saturated rings. The van der Waals surface area contributed by atoms with Gasteiger partial charge in [0.25, 0.3) is 5.91 Å². The lowest BCUT2D eigenvalue weighted by Crippen LogP contribution is -2.26. The van der Waals surface area contributed by atoms with Crippen molar-refractivity contribution in [1.29, 1.82) is 0 Å². The van der Waals surface area contributed by atoms with Crippen LogP contribution in [0.2, 0.25) is 0 Å². The van der Waals surface area contributed by atoms with Gasteiger partial charge in [-0.2, -0.15) is 0 Å². The fourth-order valence-electron chi connectivity index (χ4n) is 3.11. The van der Waals surface area contributed by atoms with E-state index in [-0.39, 0.29) is 11.9 Å². The minimum absolute atomic E-state index is 0.106. The first-order valence-electron chi connectivity index (χ1n) is 8.55. The van der Waals surface area contributed by atoms with E-state index in [0.29, 0.717) is 25.3 Å². The monoisotopic (exact) mass is 339 g/mol. The number of nitrogens with zero attached hydrogens (tertiary/aromatic N) is 3. The van der Waals surface area contributed by atoms with Gasteiger partial charge >= 0.3 is 0 Å². The molecule has 3 aromatic rings. The Morgan fingerprint density at radius 2 is 2.36 bits per heavy atom. The highest BCUT2D eigenvalue weighted by atomic mass is 16.5. The summed E-state index contributed by atoms with van der Waals surface area (Å²) in [5.74, 6) is -0.106. The Morgan fingerprint density at radius 3 is 3.20 bits per heavy atom. The van der Waals surface area contributed by atoms with E-state index in [1.54, 1.807) is 0 Å². The van der Waals surface area contributed by atoms with Gasteiger partial charge in [-0.1, -0.05) is 16.8 Å². The highest BCUT2D eigenvalue weighted by Gasteiger charge is 2.19. The van der Waals surface area contributed by atoms with Gasteiger partial charge < -0.3 is 15.0 Å². The SMILES string of the molecule is Cc1ccc2[nH]c(C(=O)NCCc3cn(C4CCOC4)nn3)cc2c1. The van der Waals surface area contributed by atoms with Crippen LogP contribution in [0.25, 0.3) is 10.9 Å². The molecule has 1 unspecified atom stereocenters. The van der Waals surface area contributed by atoms with Crippen LogP contribution in [0.1, 0.15) is 34.2 Å². The fraction of sp³-hybridized carbons (Fsp3) is 0.389. The molecule has 0 bridgehead atoms. The highest BCUT2D eigenvalue weighted by Crippen LogP contribution is 2.18. The third kappa shape index (κ3) is 3.41. The molecule has 4 rings (SSSR count). The molecule has 130 valence electrons. The van der Waals surface area contributed by atoms with E-state index in [2.05, 4.69) is 26.7 Å². The zero-order chi connectivity index (χ0) is 17.2. The van der Waals surface area contributed by atoms with Crippen molar-refractivity contribution < 1.29 is 9.53 Å². The first-order valence-corrected chi connectivity index (χ1v) is 8.55. The second-order valence-electron chi connectivity index (χ2n) is 6.49. The summed E-state index contributed by atoms with van der Waals surface area (Å²) in [6, 6.07) is 8.25. The second-order valence-corrected chi connectivity index (χ2v) is 6.49. The van der Waals surface area contributed by atoms with Crippen molar-refractivity contribution in [2.24, 2.45) is 0 Å². The number of aryl methyl sites for hydroxylation is 1. The Kier molecular flexibility index (Phi) is 4.23. The molecule has 1 saturated heterocycles. The largest absolute Gasteiger partial charge is 0.379 e. The van der Waals surface area contributed by atoms with Crippen molar-refractivity contribution in [3.05, 3.63) is 47.4 Å². The number of benzene rings is 1. The maximum Gasteiger partial charge on any atom is 0.267 e. The Hall–Kier alpha value is -2.67. The van der Waals surface area contributed by atoms with E-state index in [1.165, 1.54) is 5.56 Å². The molecular weight excluding hydrogens is 318 g/mol. The summed E-state index contributed by atoms with van der Waals surface area (Å²) < 4.78 is 7.23. The normalized spacial score (nSPS) is 17.2. The number of carbonyl (C=O) groups excluding carboxylic acids is 1. The number of aromatic nitrogens is 4. The molecule has 2 aromatic heterocycles. The summed E-state index contributed by atoms with van der Waals surface area (Å²) >= 11 is 0. The molecular formula is C18H21N5O2. The zero-order valence-corrected chi connectivity index (χ0v) is 14.2. The van der Waals surface area contributed by atoms with Gasteiger partial charge in [0.1, 0.15) is 5.69 Å². The van der Waals surface area contributed by atoms with Crippen LogP contribution in [0.4, 0.5) is 0 Å². The highest BCUT2D eigenvalue weighted by molar-refractivity contribution is 5.98. The number of hydrogen-bond donors (Lipinski definition) is 2. The zero-order valence-electron chi connectivity index (χ0n) is 14.2. The van der Waals surface area contributed by atoms with Gasteiger partial charge in [-0.05, 0) is 31.5 Å². The lowest BCUT2D eigenvalue weighted by molar-refractivity contribution is 0.0950. The van der Waals surface area contributed by atoms with Crippen LogP contribution in [-0.2, 0) is 11.2 Å². The van der Waals surface area contributed by atoms with Crippen LogP contribution in [0.3, 0.4) is 0 Å². The average Bonchev–Trinajstić information content (AvgIpc) is 3.34. The van der Waals surface area contributed by atoms with Gasteiger partial charge in [0.2, 0.25) is 0 Å². The van der Waals surface area contributed by atoms with Crippen LogP contribution in [0, 0.1) is 6.92 Å². The molecule has 1 aromatic carbocycles. The number of amides is 1. The average molecular weight is 339 g/mol. The summed E-state index contributed by atoms with van der Waals surface area (Å²) in [5, 5.41) is 12.3. The number of aromatic amines is 1. The molecule has 1 aliphatic heterocycles. The van der Waals surface area contributed by atoms with Gasteiger partial charge in [0.15, 0.2) is 0 Å². The van der Waals surface area contributed by atoms with Crippen molar-refractivity contribution in [2.45, 2.75) is 25.8 Å². The van der Waals surface area contributed by atoms with Crippen molar-refractivity contribution >= 4 is 16.8 Å². The van der Waals surface area contributed by atoms with E-state index in [9.17, 15) is 4.79 Å². The molecule has 2 N–H and O–H groups in total. The van der Waals surface area contributed by atoms with Gasteiger partial charge in [0, 0.05) is 36.7 Å². The standard InChI is InChI=1S/C18H21N5O2/c1-12-2-3-16-13(8-12)9-17(20-16)18(24)19-6-4-14-10-23(22-21-14)15-5-7-25-11-15/h2-3,8-10,15,20H,4-7,11H2,1H3,(H,19,24). The maximum atomic E-state index is 12.3. The topological polar surface area (TPSA) is 84.8 Å². The maximum absolute atomic E-state index is 12.3. The quantitative estimate of drug-likeness (QED) is 0.744. The third-order valence-corrected chi connectivity index (χ3v) is 4.53. The summed E-state index contributed by atoms with van der Waals surface area (Å²) in [6.45, 7) is 4.03. The predicted molar refractivity (Wildman–Crippen MR) is 93.6 cm³/mol. The van der Waals surface area contributed by atoms with Crippen LogP contribution < -0.4 is 5.32 Å². The summed E-state index contributed by atoms with van der Waals surface area (Å²) in [4.78, 5) is 15.5. The summed E-state index contributed by atoms with van der Waals surface area (Å²) in [6.07, 6.45) is 3.56. The van der Waals surface area contributed by atoms with E-state index in [0.717, 1.165) is 29.6 Å². The molecule has 3 heterocycles. The lowest BCUT2D eigenvalue weighted by Gasteiger charge is -2.05. The van der Waals surface area contributed by atoms with Crippen molar-refractivity contribution in [2.75, 3.05) is 19.8 Å². The Bertz CT molecular complexity index is 892. The molecule has 0 aliphatic carbocycles. The molecule has 1 amide bonds. The Morgan fingerprint density at radius 1 is 1.44 bits per heavy atom. The number of nitrogens with one attached hydrogen (secondary N) is 2. The van der Waals surface area contributed by atoms with Gasteiger partial charge in [-0.15, -0.1) is 5.10 Å². The molecule has 0 saturated carbocycles. The van der Waals surface area contributed by atoms with E-state index >= 15 is 0 Å². The fourth-order valence-corrected chi connectivity index (χ4v) is 3.11. The molecule has 1 atom stereocenters. The Balaban J connectivity index is 1.33. The number of ether oxygens (including phenoxy) is 1. The Labute approximate surface area is 145 Å². The second kappa shape index (κ2) is 6.68. The lowest BCUT2D eigenvalue weighted by atomic mass is 10.2.